The molecular formula is C10H23N2. The summed E-state index contributed by atoms with van der Waals surface area (Å²) in [6, 6.07) is 0. The quantitative estimate of drug-likeness (QED) is 0.452. The predicted molar refractivity (Wildman–Crippen MR) is 55.0 cm³/mol. The van der Waals surface area contributed by atoms with E-state index in [-0.39, 0.29) is 5.66 Å². The van der Waals surface area contributed by atoms with Crippen LogP contribution in [0, 0.1) is 6.92 Å². The minimum atomic E-state index is 0.112. The molecule has 0 heterocycles. The van der Waals surface area contributed by atoms with Gasteiger partial charge in [-0.2, -0.15) is 0 Å². The molecule has 0 aromatic carbocycles. The molecule has 0 aromatic rings. The van der Waals surface area contributed by atoms with Gasteiger partial charge in [-0.15, -0.1) is 0 Å². The maximum Gasteiger partial charge on any atom is 0.0653 e. The predicted octanol–water partition coefficient (Wildman–Crippen LogP) is 1.93. The molecule has 0 amide bonds. The summed E-state index contributed by atoms with van der Waals surface area (Å²) in [7, 11) is 4.00. The van der Waals surface area contributed by atoms with Crippen molar-refractivity contribution in [3.05, 3.63) is 6.92 Å². The van der Waals surface area contributed by atoms with Crippen molar-refractivity contribution in [2.45, 2.75) is 44.7 Å². The fraction of sp³-hybridized carbons (Fsp3) is 0.900. The van der Waals surface area contributed by atoms with Crippen LogP contribution in [-0.4, -0.2) is 19.8 Å². The average Bonchev–Trinajstić information content (AvgIpc) is 2.12. The van der Waals surface area contributed by atoms with E-state index in [1.54, 1.807) is 0 Å². The zero-order chi connectivity index (χ0) is 9.45. The fourth-order valence-electron chi connectivity index (χ4n) is 1.21. The highest BCUT2D eigenvalue weighted by Gasteiger charge is 2.17. The van der Waals surface area contributed by atoms with Gasteiger partial charge in [0.1, 0.15) is 0 Å². The molecule has 0 bridgehead atoms. The summed E-state index contributed by atoms with van der Waals surface area (Å²) in [5.74, 6) is 0. The van der Waals surface area contributed by atoms with E-state index < -0.39 is 0 Å². The van der Waals surface area contributed by atoms with Crippen molar-refractivity contribution in [2.24, 2.45) is 0 Å². The maximum atomic E-state index is 3.83. The van der Waals surface area contributed by atoms with Gasteiger partial charge in [0.15, 0.2) is 0 Å². The monoisotopic (exact) mass is 171 g/mol. The molecule has 0 fully saturated rings. The van der Waals surface area contributed by atoms with Crippen molar-refractivity contribution >= 4 is 0 Å². The van der Waals surface area contributed by atoms with Crippen LogP contribution in [0.3, 0.4) is 0 Å². The second-order valence-corrected chi connectivity index (χ2v) is 3.50. The molecule has 0 spiro atoms. The minimum Gasteiger partial charge on any atom is -0.303 e. The number of hydrogen-bond acceptors (Lipinski definition) is 2. The van der Waals surface area contributed by atoms with E-state index in [1.807, 2.05) is 14.1 Å². The Morgan fingerprint density at radius 3 is 2.08 bits per heavy atom. The molecule has 0 atom stereocenters. The smallest absolute Gasteiger partial charge is 0.0653 e. The second-order valence-electron chi connectivity index (χ2n) is 3.50. The largest absolute Gasteiger partial charge is 0.303 e. The molecule has 1 radical (unpaired) electrons. The first kappa shape index (κ1) is 11.9. The fourth-order valence-corrected chi connectivity index (χ4v) is 1.21. The van der Waals surface area contributed by atoms with E-state index >= 15 is 0 Å². The first-order valence-electron chi connectivity index (χ1n) is 4.85. The third-order valence-corrected chi connectivity index (χ3v) is 2.53. The summed E-state index contributed by atoms with van der Waals surface area (Å²) in [5, 5.41) is 6.56. The van der Waals surface area contributed by atoms with Crippen LogP contribution in [0.4, 0.5) is 0 Å². The summed E-state index contributed by atoms with van der Waals surface area (Å²) in [4.78, 5) is 0. The van der Waals surface area contributed by atoms with Crippen molar-refractivity contribution in [3.63, 3.8) is 0 Å². The Hall–Kier alpha value is -0.0800. The Balaban J connectivity index is 3.45. The van der Waals surface area contributed by atoms with Crippen LogP contribution in [-0.2, 0) is 0 Å². The number of nitrogens with one attached hydrogen (secondary N) is 2. The highest BCUT2D eigenvalue weighted by molar-refractivity contribution is 4.76. The number of hydrogen-bond donors (Lipinski definition) is 2. The molecule has 0 aliphatic rings. The molecule has 2 heteroatoms. The third-order valence-electron chi connectivity index (χ3n) is 2.53. The van der Waals surface area contributed by atoms with Crippen molar-refractivity contribution in [1.29, 1.82) is 0 Å². The average molecular weight is 171 g/mol. The maximum absolute atomic E-state index is 3.83. The lowest BCUT2D eigenvalue weighted by molar-refractivity contribution is 0.293. The van der Waals surface area contributed by atoms with Crippen LogP contribution >= 0.6 is 0 Å². The van der Waals surface area contributed by atoms with Crippen molar-refractivity contribution in [2.75, 3.05) is 14.1 Å². The standard InChI is InChI=1S/C10H23N2/c1-5-6-7-8-9-10(2,11-3)12-4/h11-12H,1,5-9H2,2-4H3. The van der Waals surface area contributed by atoms with Gasteiger partial charge in [-0.25, -0.2) is 0 Å². The van der Waals surface area contributed by atoms with Crippen LogP contribution < -0.4 is 10.6 Å². The molecule has 12 heavy (non-hydrogen) atoms. The van der Waals surface area contributed by atoms with Gasteiger partial charge in [0.25, 0.3) is 0 Å². The Morgan fingerprint density at radius 1 is 1.08 bits per heavy atom. The van der Waals surface area contributed by atoms with Crippen molar-refractivity contribution in [1.82, 2.24) is 10.6 Å². The summed E-state index contributed by atoms with van der Waals surface area (Å²) in [6.07, 6.45) is 6.06. The van der Waals surface area contributed by atoms with Crippen molar-refractivity contribution in [3.8, 4) is 0 Å². The van der Waals surface area contributed by atoms with E-state index in [0.717, 1.165) is 6.42 Å². The van der Waals surface area contributed by atoms with Gasteiger partial charge in [-0.05, 0) is 27.4 Å². The van der Waals surface area contributed by atoms with Crippen molar-refractivity contribution < 1.29 is 0 Å². The van der Waals surface area contributed by atoms with E-state index in [4.69, 9.17) is 0 Å². The first-order valence-corrected chi connectivity index (χ1v) is 4.85. The Kier molecular flexibility index (Phi) is 6.39. The van der Waals surface area contributed by atoms with Gasteiger partial charge < -0.3 is 10.6 Å². The topological polar surface area (TPSA) is 24.1 Å². The number of unbranched alkanes of at least 4 members (excludes halogenated alkanes) is 3. The number of rotatable bonds is 7. The van der Waals surface area contributed by atoms with Gasteiger partial charge in [-0.1, -0.05) is 32.6 Å². The van der Waals surface area contributed by atoms with Crippen LogP contribution in [0.2, 0.25) is 0 Å². The molecule has 73 valence electrons. The lowest BCUT2D eigenvalue weighted by Crippen LogP contribution is -2.50. The molecule has 0 aliphatic carbocycles. The molecule has 0 saturated carbocycles. The Bertz CT molecular complexity index is 98.0. The SMILES string of the molecule is [CH2]CCCCCC(C)(NC)NC. The summed E-state index contributed by atoms with van der Waals surface area (Å²) >= 11 is 0. The highest BCUT2D eigenvalue weighted by atomic mass is 15.1. The molecule has 0 aromatic heterocycles. The lowest BCUT2D eigenvalue weighted by Gasteiger charge is -2.28. The van der Waals surface area contributed by atoms with Crippen LogP contribution in [0.1, 0.15) is 39.0 Å². The van der Waals surface area contributed by atoms with Crippen LogP contribution in [0.5, 0.6) is 0 Å². The molecule has 0 aliphatic heterocycles. The first-order chi connectivity index (χ1) is 5.68. The third kappa shape index (κ3) is 4.73. The normalized spacial score (nSPS) is 12.0. The van der Waals surface area contributed by atoms with Gasteiger partial charge in [0.05, 0.1) is 5.66 Å². The second kappa shape index (κ2) is 6.44. The van der Waals surface area contributed by atoms with Gasteiger partial charge in [0, 0.05) is 0 Å². The minimum absolute atomic E-state index is 0.112. The molecule has 0 unspecified atom stereocenters. The molecule has 0 rings (SSSR count). The summed E-state index contributed by atoms with van der Waals surface area (Å²) < 4.78 is 0. The summed E-state index contributed by atoms with van der Waals surface area (Å²) in [6.45, 7) is 6.02. The van der Waals surface area contributed by atoms with Gasteiger partial charge in [-0.3, -0.25) is 0 Å². The van der Waals surface area contributed by atoms with E-state index in [1.165, 1.54) is 25.7 Å². The van der Waals surface area contributed by atoms with E-state index in [2.05, 4.69) is 24.5 Å². The van der Waals surface area contributed by atoms with E-state index in [9.17, 15) is 0 Å². The van der Waals surface area contributed by atoms with Gasteiger partial charge >= 0.3 is 0 Å². The molecule has 2 nitrogen and oxygen atoms in total. The van der Waals surface area contributed by atoms with Gasteiger partial charge in [0.2, 0.25) is 0 Å². The summed E-state index contributed by atoms with van der Waals surface area (Å²) in [5.41, 5.74) is 0.112. The molecular weight excluding hydrogens is 148 g/mol. The highest BCUT2D eigenvalue weighted by Crippen LogP contribution is 2.11. The molecule has 0 saturated heterocycles. The Morgan fingerprint density at radius 2 is 1.67 bits per heavy atom. The lowest BCUT2D eigenvalue weighted by atomic mass is 10.0. The van der Waals surface area contributed by atoms with Crippen LogP contribution in [0.25, 0.3) is 0 Å². The van der Waals surface area contributed by atoms with Crippen LogP contribution in [0.15, 0.2) is 0 Å². The Labute approximate surface area is 77.1 Å². The zero-order valence-corrected chi connectivity index (χ0v) is 8.74. The van der Waals surface area contributed by atoms with E-state index in [0.29, 0.717) is 0 Å². The molecule has 2 N–H and O–H groups in total. The zero-order valence-electron chi connectivity index (χ0n) is 8.74.